The standard InChI is InChI=1S/C16H16ClN3O/c1-10-19-14-8-11(18)6-7-15(14)20(10)9-12-13(17)4-3-5-16(12)21-2/h3-8H,9,18H2,1-2H3. The molecule has 2 N–H and O–H groups in total. The van der Waals surface area contributed by atoms with Gasteiger partial charge in [-0.3, -0.25) is 0 Å². The quantitative estimate of drug-likeness (QED) is 0.752. The first-order chi connectivity index (χ1) is 10.1. The van der Waals surface area contributed by atoms with Gasteiger partial charge in [0.25, 0.3) is 0 Å². The fraction of sp³-hybridized carbons (Fsp3) is 0.188. The molecule has 0 atom stereocenters. The summed E-state index contributed by atoms with van der Waals surface area (Å²) in [4.78, 5) is 4.55. The molecule has 0 amide bonds. The molecule has 0 aliphatic rings. The number of rotatable bonds is 3. The van der Waals surface area contributed by atoms with Crippen molar-refractivity contribution in [2.75, 3.05) is 12.8 Å². The molecule has 0 aliphatic carbocycles. The van der Waals surface area contributed by atoms with E-state index in [1.807, 2.05) is 43.3 Å². The van der Waals surface area contributed by atoms with Gasteiger partial charge in [0.1, 0.15) is 11.6 Å². The third-order valence-electron chi connectivity index (χ3n) is 3.58. The van der Waals surface area contributed by atoms with Crippen LogP contribution in [-0.2, 0) is 6.54 Å². The minimum Gasteiger partial charge on any atom is -0.496 e. The summed E-state index contributed by atoms with van der Waals surface area (Å²) in [6.07, 6.45) is 0. The monoisotopic (exact) mass is 301 g/mol. The van der Waals surface area contributed by atoms with Gasteiger partial charge in [-0.25, -0.2) is 4.98 Å². The van der Waals surface area contributed by atoms with Crippen molar-refractivity contribution in [3.8, 4) is 5.75 Å². The van der Waals surface area contributed by atoms with E-state index in [1.54, 1.807) is 7.11 Å². The van der Waals surface area contributed by atoms with Crippen LogP contribution in [0.25, 0.3) is 11.0 Å². The van der Waals surface area contributed by atoms with Crippen LogP contribution in [0.3, 0.4) is 0 Å². The van der Waals surface area contributed by atoms with Crippen LogP contribution in [0, 0.1) is 6.92 Å². The molecule has 0 saturated heterocycles. The van der Waals surface area contributed by atoms with Gasteiger partial charge in [-0.05, 0) is 37.3 Å². The van der Waals surface area contributed by atoms with E-state index in [0.29, 0.717) is 17.3 Å². The molecule has 21 heavy (non-hydrogen) atoms. The van der Waals surface area contributed by atoms with E-state index < -0.39 is 0 Å². The molecule has 108 valence electrons. The number of methoxy groups -OCH3 is 1. The first kappa shape index (κ1) is 13.8. The second-order valence-electron chi connectivity index (χ2n) is 4.91. The largest absolute Gasteiger partial charge is 0.496 e. The van der Waals surface area contributed by atoms with Crippen LogP contribution in [0.4, 0.5) is 5.69 Å². The van der Waals surface area contributed by atoms with Gasteiger partial charge < -0.3 is 15.0 Å². The number of benzene rings is 2. The van der Waals surface area contributed by atoms with Crippen molar-refractivity contribution >= 4 is 28.3 Å². The van der Waals surface area contributed by atoms with Gasteiger partial charge in [0.2, 0.25) is 0 Å². The Morgan fingerprint density at radius 2 is 2.10 bits per heavy atom. The summed E-state index contributed by atoms with van der Waals surface area (Å²) in [7, 11) is 1.65. The van der Waals surface area contributed by atoms with Crippen molar-refractivity contribution in [3.63, 3.8) is 0 Å². The van der Waals surface area contributed by atoms with Gasteiger partial charge in [0, 0.05) is 16.3 Å². The van der Waals surface area contributed by atoms with Gasteiger partial charge in [-0.2, -0.15) is 0 Å². The van der Waals surface area contributed by atoms with Crippen LogP contribution in [0.1, 0.15) is 11.4 Å². The highest BCUT2D eigenvalue weighted by Crippen LogP contribution is 2.29. The number of ether oxygens (including phenoxy) is 1. The number of imidazole rings is 1. The van der Waals surface area contributed by atoms with Crippen LogP contribution < -0.4 is 10.5 Å². The summed E-state index contributed by atoms with van der Waals surface area (Å²) in [5.74, 6) is 1.69. The van der Waals surface area contributed by atoms with E-state index in [2.05, 4.69) is 9.55 Å². The zero-order chi connectivity index (χ0) is 15.0. The van der Waals surface area contributed by atoms with Crippen LogP contribution in [-0.4, -0.2) is 16.7 Å². The normalized spacial score (nSPS) is 11.0. The number of nitrogens with two attached hydrogens (primary N) is 1. The van der Waals surface area contributed by atoms with Crippen molar-refractivity contribution < 1.29 is 4.74 Å². The predicted octanol–water partition coefficient (Wildman–Crippen LogP) is 3.64. The highest BCUT2D eigenvalue weighted by atomic mass is 35.5. The van der Waals surface area contributed by atoms with Crippen LogP contribution in [0.15, 0.2) is 36.4 Å². The summed E-state index contributed by atoms with van der Waals surface area (Å²) in [5, 5.41) is 0.686. The zero-order valence-electron chi connectivity index (χ0n) is 11.9. The Kier molecular flexibility index (Phi) is 3.47. The lowest BCUT2D eigenvalue weighted by molar-refractivity contribution is 0.408. The molecule has 0 aliphatic heterocycles. The molecule has 0 bridgehead atoms. The number of aromatic nitrogens is 2. The Balaban J connectivity index is 2.12. The van der Waals surface area contributed by atoms with Crippen molar-refractivity contribution in [1.29, 1.82) is 0 Å². The number of fused-ring (bicyclic) bond motifs is 1. The second-order valence-corrected chi connectivity index (χ2v) is 5.32. The number of aryl methyl sites for hydroxylation is 1. The molecule has 0 radical (unpaired) electrons. The minimum atomic E-state index is 0.606. The fourth-order valence-electron chi connectivity index (χ4n) is 2.51. The topological polar surface area (TPSA) is 53.1 Å². The molecule has 1 heterocycles. The van der Waals surface area contributed by atoms with Gasteiger partial charge in [0.15, 0.2) is 0 Å². The molecule has 1 aromatic heterocycles. The summed E-state index contributed by atoms with van der Waals surface area (Å²) >= 11 is 6.32. The number of halogens is 1. The zero-order valence-corrected chi connectivity index (χ0v) is 12.7. The average molecular weight is 302 g/mol. The maximum atomic E-state index is 6.32. The number of anilines is 1. The van der Waals surface area contributed by atoms with Gasteiger partial charge in [-0.1, -0.05) is 17.7 Å². The van der Waals surface area contributed by atoms with Gasteiger partial charge in [-0.15, -0.1) is 0 Å². The number of hydrogen-bond donors (Lipinski definition) is 1. The minimum absolute atomic E-state index is 0.606. The Morgan fingerprint density at radius 3 is 2.86 bits per heavy atom. The lowest BCUT2D eigenvalue weighted by Crippen LogP contribution is -2.04. The van der Waals surface area contributed by atoms with E-state index in [4.69, 9.17) is 22.1 Å². The summed E-state index contributed by atoms with van der Waals surface area (Å²) in [6, 6.07) is 11.4. The third-order valence-corrected chi connectivity index (χ3v) is 3.93. The molecule has 4 nitrogen and oxygen atoms in total. The first-order valence-corrected chi connectivity index (χ1v) is 7.01. The second kappa shape index (κ2) is 5.30. The molecular formula is C16H16ClN3O. The van der Waals surface area contributed by atoms with Crippen LogP contribution >= 0.6 is 11.6 Å². The van der Waals surface area contributed by atoms with E-state index in [0.717, 1.165) is 28.2 Å². The summed E-state index contributed by atoms with van der Waals surface area (Å²) in [5.41, 5.74) is 9.39. The molecule has 3 aromatic rings. The maximum Gasteiger partial charge on any atom is 0.125 e. The highest BCUT2D eigenvalue weighted by Gasteiger charge is 2.13. The third kappa shape index (κ3) is 2.43. The predicted molar refractivity (Wildman–Crippen MR) is 86.0 cm³/mol. The Labute approximate surface area is 128 Å². The molecular weight excluding hydrogens is 286 g/mol. The van der Waals surface area contributed by atoms with Crippen LogP contribution in [0.5, 0.6) is 5.75 Å². The molecule has 2 aromatic carbocycles. The van der Waals surface area contributed by atoms with Crippen molar-refractivity contribution in [3.05, 3.63) is 52.8 Å². The maximum absolute atomic E-state index is 6.32. The SMILES string of the molecule is COc1cccc(Cl)c1Cn1c(C)nc2cc(N)ccc21. The van der Waals surface area contributed by atoms with E-state index in [9.17, 15) is 0 Å². The van der Waals surface area contributed by atoms with E-state index >= 15 is 0 Å². The van der Waals surface area contributed by atoms with Crippen molar-refractivity contribution in [1.82, 2.24) is 9.55 Å². The molecule has 5 heteroatoms. The number of nitrogens with zero attached hydrogens (tertiary/aromatic N) is 2. The molecule has 0 spiro atoms. The smallest absolute Gasteiger partial charge is 0.125 e. The lowest BCUT2D eigenvalue weighted by Gasteiger charge is -2.13. The summed E-state index contributed by atoms with van der Waals surface area (Å²) in [6.45, 7) is 2.58. The van der Waals surface area contributed by atoms with E-state index in [1.165, 1.54) is 0 Å². The number of hydrogen-bond acceptors (Lipinski definition) is 3. The van der Waals surface area contributed by atoms with Crippen molar-refractivity contribution in [2.24, 2.45) is 0 Å². The first-order valence-electron chi connectivity index (χ1n) is 6.64. The van der Waals surface area contributed by atoms with Gasteiger partial charge in [0.05, 0.1) is 24.7 Å². The number of nitrogen functional groups attached to an aromatic ring is 1. The van der Waals surface area contributed by atoms with Crippen molar-refractivity contribution in [2.45, 2.75) is 13.5 Å². The lowest BCUT2D eigenvalue weighted by atomic mass is 10.2. The van der Waals surface area contributed by atoms with Crippen LogP contribution in [0.2, 0.25) is 5.02 Å². The van der Waals surface area contributed by atoms with E-state index in [-0.39, 0.29) is 0 Å². The molecule has 0 unspecified atom stereocenters. The van der Waals surface area contributed by atoms with Gasteiger partial charge >= 0.3 is 0 Å². The molecule has 3 rings (SSSR count). The molecule has 0 saturated carbocycles. The highest BCUT2D eigenvalue weighted by molar-refractivity contribution is 6.31. The Bertz CT molecular complexity index is 811. The Morgan fingerprint density at radius 1 is 1.29 bits per heavy atom. The summed E-state index contributed by atoms with van der Waals surface area (Å²) < 4.78 is 7.52. The average Bonchev–Trinajstić information content (AvgIpc) is 2.76. The fourth-order valence-corrected chi connectivity index (χ4v) is 2.73. The Hall–Kier alpha value is -2.20. The molecule has 0 fully saturated rings.